The van der Waals surface area contributed by atoms with E-state index in [1.165, 1.54) is 43.4 Å². The molecule has 0 bridgehead atoms. The SMILES string of the molecule is C=CSc1ccccc1.CCCC.CCCC.CCCC.[Sn]. The monoisotopic (exact) mass is 430 g/mol. The van der Waals surface area contributed by atoms with Gasteiger partial charge in [-0.05, 0) is 17.5 Å². The molecule has 22 heavy (non-hydrogen) atoms. The summed E-state index contributed by atoms with van der Waals surface area (Å²) in [5.41, 5.74) is 0. The van der Waals surface area contributed by atoms with Gasteiger partial charge in [-0.2, -0.15) is 0 Å². The predicted octanol–water partition coefficient (Wildman–Crippen LogP) is 7.96. The van der Waals surface area contributed by atoms with Crippen molar-refractivity contribution in [2.24, 2.45) is 0 Å². The van der Waals surface area contributed by atoms with Gasteiger partial charge in [0.15, 0.2) is 0 Å². The van der Waals surface area contributed by atoms with Crippen molar-refractivity contribution in [2.75, 3.05) is 0 Å². The summed E-state index contributed by atoms with van der Waals surface area (Å²) in [4.78, 5) is 1.24. The standard InChI is InChI=1S/C8H8S.3C4H10.Sn/c1-2-9-8-6-4-3-5-7-8;3*1-3-4-2;/h2-7H,1H2;3*3-4H2,1-2H3;. The van der Waals surface area contributed by atoms with E-state index in [-0.39, 0.29) is 23.9 Å². The van der Waals surface area contributed by atoms with E-state index in [9.17, 15) is 0 Å². The number of benzene rings is 1. The van der Waals surface area contributed by atoms with Crippen LogP contribution in [-0.4, -0.2) is 23.9 Å². The predicted molar refractivity (Wildman–Crippen MR) is 110 cm³/mol. The number of unbranched alkanes of at least 4 members (excludes halogenated alkanes) is 3. The minimum absolute atomic E-state index is 0. The summed E-state index contributed by atoms with van der Waals surface area (Å²) in [6.45, 7) is 16.7. The van der Waals surface area contributed by atoms with Crippen molar-refractivity contribution < 1.29 is 0 Å². The Labute approximate surface area is 162 Å². The van der Waals surface area contributed by atoms with Gasteiger partial charge in [0.2, 0.25) is 0 Å². The molecule has 0 unspecified atom stereocenters. The Bertz CT molecular complexity index is 244. The first-order valence-electron chi connectivity index (χ1n) is 8.50. The van der Waals surface area contributed by atoms with Crippen molar-refractivity contribution >= 4 is 35.7 Å². The molecule has 0 heterocycles. The van der Waals surface area contributed by atoms with Crippen molar-refractivity contribution in [2.45, 2.75) is 85.0 Å². The molecule has 1 aromatic carbocycles. The summed E-state index contributed by atoms with van der Waals surface area (Å²) in [7, 11) is 0. The van der Waals surface area contributed by atoms with Crippen LogP contribution in [0, 0.1) is 0 Å². The van der Waals surface area contributed by atoms with Gasteiger partial charge in [0.25, 0.3) is 0 Å². The van der Waals surface area contributed by atoms with Gasteiger partial charge in [-0.1, -0.05) is 117 Å². The summed E-state index contributed by atoms with van der Waals surface area (Å²) >= 11 is 1.64. The van der Waals surface area contributed by atoms with E-state index in [4.69, 9.17) is 0 Å². The van der Waals surface area contributed by atoms with E-state index in [0.717, 1.165) is 0 Å². The first-order valence-corrected chi connectivity index (χ1v) is 9.38. The van der Waals surface area contributed by atoms with Crippen LogP contribution >= 0.6 is 11.8 Å². The molecule has 0 saturated carbocycles. The summed E-state index contributed by atoms with van der Waals surface area (Å²) in [5, 5.41) is 1.83. The largest absolute Gasteiger partial charge is 0.0987 e. The van der Waals surface area contributed by atoms with Crippen LogP contribution < -0.4 is 0 Å². The molecule has 0 aliphatic rings. The topological polar surface area (TPSA) is 0 Å². The maximum atomic E-state index is 3.62. The van der Waals surface area contributed by atoms with Gasteiger partial charge in [-0.3, -0.25) is 0 Å². The first-order chi connectivity index (χ1) is 10.2. The average molecular weight is 429 g/mol. The summed E-state index contributed by atoms with van der Waals surface area (Å²) in [6.07, 6.45) is 7.92. The van der Waals surface area contributed by atoms with Crippen molar-refractivity contribution in [1.29, 1.82) is 0 Å². The van der Waals surface area contributed by atoms with Crippen LogP contribution in [0.5, 0.6) is 0 Å². The van der Waals surface area contributed by atoms with Crippen LogP contribution in [0.4, 0.5) is 0 Å². The van der Waals surface area contributed by atoms with Gasteiger partial charge >= 0.3 is 0 Å². The fourth-order valence-corrected chi connectivity index (χ4v) is 1.10. The smallest absolute Gasteiger partial charge is 0.0116 e. The molecular formula is C20H38SSn. The fraction of sp³-hybridized carbons (Fsp3) is 0.600. The minimum atomic E-state index is 0. The molecule has 0 spiro atoms. The van der Waals surface area contributed by atoms with Crippen LogP contribution in [0.15, 0.2) is 47.2 Å². The Hall–Kier alpha value is 0.109. The molecule has 1 aromatic rings. The zero-order valence-electron chi connectivity index (χ0n) is 15.8. The molecule has 0 nitrogen and oxygen atoms in total. The van der Waals surface area contributed by atoms with Gasteiger partial charge in [0.1, 0.15) is 0 Å². The van der Waals surface area contributed by atoms with Gasteiger partial charge in [-0.25, -0.2) is 0 Å². The molecule has 0 aliphatic heterocycles. The Morgan fingerprint density at radius 3 is 1.27 bits per heavy atom. The molecule has 1 rings (SSSR count). The Balaban J connectivity index is -0.000000107. The number of hydrogen-bond donors (Lipinski definition) is 0. The van der Waals surface area contributed by atoms with Crippen LogP contribution in [0.1, 0.15) is 80.1 Å². The molecular weight excluding hydrogens is 391 g/mol. The summed E-state index contributed by atoms with van der Waals surface area (Å²) in [6, 6.07) is 10.2. The van der Waals surface area contributed by atoms with Crippen molar-refractivity contribution in [3.8, 4) is 0 Å². The van der Waals surface area contributed by atoms with E-state index in [1.54, 1.807) is 11.8 Å². The van der Waals surface area contributed by atoms with Crippen molar-refractivity contribution in [3.63, 3.8) is 0 Å². The Morgan fingerprint density at radius 2 is 1.05 bits per heavy atom. The van der Waals surface area contributed by atoms with Crippen molar-refractivity contribution in [3.05, 3.63) is 42.3 Å². The molecule has 0 N–H and O–H groups in total. The van der Waals surface area contributed by atoms with Gasteiger partial charge < -0.3 is 0 Å². The van der Waals surface area contributed by atoms with Crippen LogP contribution in [0.2, 0.25) is 0 Å². The van der Waals surface area contributed by atoms with Crippen LogP contribution in [0.3, 0.4) is 0 Å². The molecule has 0 atom stereocenters. The maximum Gasteiger partial charge on any atom is 0.0116 e. The van der Waals surface area contributed by atoms with E-state index in [0.29, 0.717) is 0 Å². The molecule has 2 heteroatoms. The Kier molecular flexibility index (Phi) is 44.9. The normalized spacial score (nSPS) is 7.73. The van der Waals surface area contributed by atoms with Gasteiger partial charge in [-0.15, -0.1) is 0 Å². The zero-order chi connectivity index (χ0) is 16.8. The third-order valence-electron chi connectivity index (χ3n) is 2.46. The van der Waals surface area contributed by atoms with E-state index in [1.807, 2.05) is 23.6 Å². The minimum Gasteiger partial charge on any atom is -0.0987 e. The van der Waals surface area contributed by atoms with E-state index < -0.39 is 0 Å². The molecule has 0 aromatic heterocycles. The molecule has 0 fully saturated rings. The second-order valence-electron chi connectivity index (χ2n) is 4.60. The molecule has 128 valence electrons. The number of hydrogen-bond acceptors (Lipinski definition) is 1. The van der Waals surface area contributed by atoms with E-state index >= 15 is 0 Å². The third-order valence-corrected chi connectivity index (χ3v) is 3.17. The maximum absolute atomic E-state index is 3.62. The van der Waals surface area contributed by atoms with Gasteiger partial charge in [0.05, 0.1) is 0 Å². The van der Waals surface area contributed by atoms with Crippen molar-refractivity contribution in [1.82, 2.24) is 0 Å². The van der Waals surface area contributed by atoms with Crippen LogP contribution in [0.25, 0.3) is 0 Å². The molecule has 4 radical (unpaired) electrons. The average Bonchev–Trinajstić information content (AvgIpc) is 2.57. The number of rotatable bonds is 5. The third kappa shape index (κ3) is 36.9. The second-order valence-corrected chi connectivity index (χ2v) is 5.64. The first kappa shape index (κ1) is 30.0. The zero-order valence-corrected chi connectivity index (χ0v) is 19.5. The molecule has 0 amide bonds. The van der Waals surface area contributed by atoms with E-state index in [2.05, 4.69) is 60.3 Å². The molecule has 0 saturated heterocycles. The van der Waals surface area contributed by atoms with Gasteiger partial charge in [0, 0.05) is 28.8 Å². The quantitative estimate of drug-likeness (QED) is 0.338. The fourth-order valence-electron chi connectivity index (χ4n) is 0.595. The molecule has 0 aliphatic carbocycles. The Morgan fingerprint density at radius 1 is 0.727 bits per heavy atom. The van der Waals surface area contributed by atoms with Crippen LogP contribution in [-0.2, 0) is 0 Å². The summed E-state index contributed by atoms with van der Waals surface area (Å²) in [5.74, 6) is 0. The number of thioether (sulfide) groups is 1. The second kappa shape index (κ2) is 32.9. The summed E-state index contributed by atoms with van der Waals surface area (Å²) < 4.78 is 0.